The third-order valence-corrected chi connectivity index (χ3v) is 3.35. The smallest absolute Gasteiger partial charge is 0.0894 e. The lowest BCUT2D eigenvalue weighted by atomic mass is 10.2. The van der Waals surface area contributed by atoms with Crippen molar-refractivity contribution in [3.8, 4) is 5.69 Å². The minimum absolute atomic E-state index is 0.794. The predicted octanol–water partition coefficient (Wildman–Crippen LogP) is 3.09. The van der Waals surface area contributed by atoms with Gasteiger partial charge in [0.1, 0.15) is 0 Å². The van der Waals surface area contributed by atoms with Gasteiger partial charge in [0.15, 0.2) is 0 Å². The molecule has 1 N–H and O–H groups in total. The molecule has 21 heavy (non-hydrogen) atoms. The molecule has 0 amide bonds. The number of hydrogen-bond donors (Lipinski definition) is 1. The first-order chi connectivity index (χ1) is 10.4. The van der Waals surface area contributed by atoms with E-state index in [4.69, 9.17) is 0 Å². The zero-order valence-corrected chi connectivity index (χ0v) is 12.1. The Morgan fingerprint density at radius 1 is 1.14 bits per heavy atom. The predicted molar refractivity (Wildman–Crippen MR) is 83.4 cm³/mol. The molecule has 108 valence electrons. The molecule has 0 unspecified atom stereocenters. The lowest BCUT2D eigenvalue weighted by molar-refractivity contribution is 0.681. The number of aromatic nitrogens is 4. The van der Waals surface area contributed by atoms with Crippen molar-refractivity contribution in [1.29, 1.82) is 0 Å². The highest BCUT2D eigenvalue weighted by Gasteiger charge is 2.04. The van der Waals surface area contributed by atoms with Crippen molar-refractivity contribution in [1.82, 2.24) is 19.6 Å². The van der Waals surface area contributed by atoms with Crippen LogP contribution in [0.5, 0.6) is 0 Å². The molecule has 0 fully saturated rings. The van der Waals surface area contributed by atoms with Gasteiger partial charge in [-0.1, -0.05) is 24.3 Å². The molecule has 5 heteroatoms. The summed E-state index contributed by atoms with van der Waals surface area (Å²) in [4.78, 5) is 0. The van der Waals surface area contributed by atoms with Gasteiger partial charge in [-0.3, -0.25) is 0 Å². The Hall–Kier alpha value is -2.56. The van der Waals surface area contributed by atoms with Crippen molar-refractivity contribution < 1.29 is 0 Å². The number of nitrogens with one attached hydrogen (secondary N) is 1. The zero-order valence-electron chi connectivity index (χ0n) is 12.1. The first-order valence-electron chi connectivity index (χ1n) is 7.21. The van der Waals surface area contributed by atoms with Crippen molar-refractivity contribution in [2.45, 2.75) is 26.4 Å². The summed E-state index contributed by atoms with van der Waals surface area (Å²) in [5, 5.41) is 11.4. The number of rotatable bonds is 6. The molecule has 0 spiro atoms. The lowest BCUT2D eigenvalue weighted by Crippen LogP contribution is -2.04. The number of nitrogens with zero attached hydrogens (tertiary/aromatic N) is 4. The van der Waals surface area contributed by atoms with Crippen LogP contribution in [0.3, 0.4) is 0 Å². The maximum Gasteiger partial charge on any atom is 0.0894 e. The Balaban J connectivity index is 1.73. The lowest BCUT2D eigenvalue weighted by Gasteiger charge is -2.10. The summed E-state index contributed by atoms with van der Waals surface area (Å²) in [6.07, 6.45) is 9.00. The van der Waals surface area contributed by atoms with Crippen LogP contribution < -0.4 is 5.32 Å². The van der Waals surface area contributed by atoms with Crippen LogP contribution in [0, 0.1) is 0 Å². The van der Waals surface area contributed by atoms with Gasteiger partial charge in [0.25, 0.3) is 0 Å². The van der Waals surface area contributed by atoms with Gasteiger partial charge in [-0.05, 0) is 30.2 Å². The third-order valence-electron chi connectivity index (χ3n) is 3.35. The fourth-order valence-corrected chi connectivity index (χ4v) is 2.35. The van der Waals surface area contributed by atoms with Crippen LogP contribution in [0.4, 0.5) is 5.69 Å². The molecule has 0 radical (unpaired) electrons. The van der Waals surface area contributed by atoms with Gasteiger partial charge < -0.3 is 9.88 Å². The molecule has 0 aliphatic carbocycles. The highest BCUT2D eigenvalue weighted by atomic mass is 15.4. The van der Waals surface area contributed by atoms with Gasteiger partial charge in [-0.15, -0.1) is 5.10 Å². The highest BCUT2D eigenvalue weighted by molar-refractivity contribution is 5.60. The Bertz CT molecular complexity index is 684. The van der Waals surface area contributed by atoms with Crippen molar-refractivity contribution in [2.24, 2.45) is 0 Å². The number of anilines is 1. The summed E-state index contributed by atoms with van der Waals surface area (Å²) in [5.41, 5.74) is 3.33. The summed E-state index contributed by atoms with van der Waals surface area (Å²) in [7, 11) is 0. The molecule has 0 saturated carbocycles. The standard InChI is InChI=1S/C16H19N5/c1-2-9-20-10-7-14(13-20)12-17-15-5-3-4-6-16(15)21-11-8-18-19-21/h3-8,10-11,13,17H,2,9,12H2,1H3. The average molecular weight is 281 g/mol. The molecule has 0 saturated heterocycles. The van der Waals surface area contributed by atoms with E-state index in [2.05, 4.69) is 51.6 Å². The van der Waals surface area contributed by atoms with Gasteiger partial charge in [0, 0.05) is 25.5 Å². The van der Waals surface area contributed by atoms with Gasteiger partial charge >= 0.3 is 0 Å². The number of benzene rings is 1. The Morgan fingerprint density at radius 2 is 2.05 bits per heavy atom. The van der Waals surface area contributed by atoms with E-state index < -0.39 is 0 Å². The maximum atomic E-state index is 4.05. The van der Waals surface area contributed by atoms with Gasteiger partial charge in [-0.25, -0.2) is 4.68 Å². The van der Waals surface area contributed by atoms with Crippen LogP contribution in [0.2, 0.25) is 0 Å². The third kappa shape index (κ3) is 3.13. The largest absolute Gasteiger partial charge is 0.379 e. The van der Waals surface area contributed by atoms with Gasteiger partial charge in [0.05, 0.1) is 23.8 Å². The van der Waals surface area contributed by atoms with E-state index in [0.717, 1.165) is 30.9 Å². The number of hydrogen-bond acceptors (Lipinski definition) is 3. The molecule has 5 nitrogen and oxygen atoms in total. The van der Waals surface area contributed by atoms with E-state index in [1.54, 1.807) is 10.9 Å². The van der Waals surface area contributed by atoms with Crippen molar-refractivity contribution in [3.05, 3.63) is 60.7 Å². The van der Waals surface area contributed by atoms with Crippen molar-refractivity contribution in [3.63, 3.8) is 0 Å². The minimum Gasteiger partial charge on any atom is -0.379 e. The Kier molecular flexibility index (Phi) is 4.00. The second-order valence-electron chi connectivity index (χ2n) is 4.98. The topological polar surface area (TPSA) is 47.7 Å². The molecular formula is C16H19N5. The van der Waals surface area contributed by atoms with Crippen LogP contribution in [0.1, 0.15) is 18.9 Å². The Morgan fingerprint density at radius 3 is 2.86 bits per heavy atom. The first kappa shape index (κ1) is 13.4. The van der Waals surface area contributed by atoms with E-state index in [1.807, 2.05) is 24.4 Å². The first-order valence-corrected chi connectivity index (χ1v) is 7.21. The van der Waals surface area contributed by atoms with Crippen LogP contribution in [0.25, 0.3) is 5.69 Å². The van der Waals surface area contributed by atoms with Crippen LogP contribution in [-0.2, 0) is 13.1 Å². The van der Waals surface area contributed by atoms with E-state index in [-0.39, 0.29) is 0 Å². The molecule has 3 aromatic rings. The fourth-order valence-electron chi connectivity index (χ4n) is 2.35. The van der Waals surface area contributed by atoms with E-state index in [1.165, 1.54) is 5.56 Å². The summed E-state index contributed by atoms with van der Waals surface area (Å²) >= 11 is 0. The van der Waals surface area contributed by atoms with Gasteiger partial charge in [0.2, 0.25) is 0 Å². The Labute approximate surface area is 124 Å². The van der Waals surface area contributed by atoms with Crippen LogP contribution >= 0.6 is 0 Å². The maximum absolute atomic E-state index is 4.05. The minimum atomic E-state index is 0.794. The molecule has 2 aromatic heterocycles. The van der Waals surface area contributed by atoms with E-state index >= 15 is 0 Å². The molecule has 0 aliphatic heterocycles. The average Bonchev–Trinajstić information content (AvgIpc) is 3.17. The second-order valence-corrected chi connectivity index (χ2v) is 4.98. The van der Waals surface area contributed by atoms with Crippen LogP contribution in [0.15, 0.2) is 55.1 Å². The quantitative estimate of drug-likeness (QED) is 0.755. The van der Waals surface area contributed by atoms with Crippen molar-refractivity contribution >= 4 is 5.69 Å². The second kappa shape index (κ2) is 6.26. The SMILES string of the molecule is CCCn1ccc(CNc2ccccc2-n2ccnn2)c1. The summed E-state index contributed by atoms with van der Waals surface area (Å²) in [6.45, 7) is 4.05. The fraction of sp³-hybridized carbons (Fsp3) is 0.250. The summed E-state index contributed by atoms with van der Waals surface area (Å²) < 4.78 is 3.99. The van der Waals surface area contributed by atoms with E-state index in [0.29, 0.717) is 0 Å². The summed E-state index contributed by atoms with van der Waals surface area (Å²) in [6, 6.07) is 10.3. The van der Waals surface area contributed by atoms with Crippen LogP contribution in [-0.4, -0.2) is 19.6 Å². The molecular weight excluding hydrogens is 262 g/mol. The molecule has 0 atom stereocenters. The molecule has 0 aliphatic rings. The molecule has 0 bridgehead atoms. The number of aryl methyl sites for hydroxylation is 1. The van der Waals surface area contributed by atoms with Gasteiger partial charge in [-0.2, -0.15) is 0 Å². The zero-order chi connectivity index (χ0) is 14.5. The number of para-hydroxylation sites is 2. The molecule has 2 heterocycles. The highest BCUT2D eigenvalue weighted by Crippen LogP contribution is 2.19. The van der Waals surface area contributed by atoms with E-state index in [9.17, 15) is 0 Å². The monoisotopic (exact) mass is 281 g/mol. The van der Waals surface area contributed by atoms with Crippen molar-refractivity contribution in [2.75, 3.05) is 5.32 Å². The normalized spacial score (nSPS) is 10.7. The summed E-state index contributed by atoms with van der Waals surface area (Å²) in [5.74, 6) is 0. The molecule has 1 aromatic carbocycles. The molecule has 3 rings (SSSR count).